The Labute approximate surface area is 269 Å². The van der Waals surface area contributed by atoms with Crippen LogP contribution in [0.2, 0.25) is 0 Å². The van der Waals surface area contributed by atoms with Crippen molar-refractivity contribution in [1.29, 1.82) is 0 Å². The average Bonchev–Trinajstić information content (AvgIpc) is 2.99. The largest absolute Gasteiger partial charge is 0.481 e. The molecule has 0 bridgehead atoms. The predicted molar refractivity (Wildman–Crippen MR) is 186 cm³/mol. The van der Waals surface area contributed by atoms with E-state index in [9.17, 15) is 9.59 Å². The first-order chi connectivity index (χ1) is 21.1. The van der Waals surface area contributed by atoms with Gasteiger partial charge in [0.05, 0.1) is 0 Å². The Morgan fingerprint density at radius 3 is 1.02 bits per heavy atom. The summed E-state index contributed by atoms with van der Waals surface area (Å²) in [5.41, 5.74) is 0. The molecule has 0 aliphatic carbocycles. The maximum atomic E-state index is 12.6. The van der Waals surface area contributed by atoms with Gasteiger partial charge in [-0.3, -0.25) is 9.59 Å². The Balaban J connectivity index is 3.95. The van der Waals surface area contributed by atoms with E-state index in [4.69, 9.17) is 9.84 Å². The third-order valence-corrected chi connectivity index (χ3v) is 9.08. The summed E-state index contributed by atoms with van der Waals surface area (Å²) < 4.78 is 5.99. The lowest BCUT2D eigenvalue weighted by atomic mass is 10.0. The Morgan fingerprint density at radius 1 is 0.419 bits per heavy atom. The van der Waals surface area contributed by atoms with E-state index in [1.54, 1.807) is 0 Å². The fourth-order valence-corrected chi connectivity index (χ4v) is 6.19. The summed E-state index contributed by atoms with van der Waals surface area (Å²) in [6.07, 6.45) is 41.2. The molecule has 0 aromatic rings. The smallest absolute Gasteiger partial charge is 0.306 e. The van der Waals surface area contributed by atoms with E-state index in [0.29, 0.717) is 6.42 Å². The molecule has 1 unspecified atom stereocenters. The quantitative estimate of drug-likeness (QED) is 0.0567. The van der Waals surface area contributed by atoms with Gasteiger partial charge in [0.2, 0.25) is 0 Å². The van der Waals surface area contributed by atoms with Gasteiger partial charge in [0.1, 0.15) is 6.10 Å². The number of carboxylic acids is 1. The number of ether oxygens (including phenoxy) is 1. The number of aliphatic carboxylic acids is 1. The van der Waals surface area contributed by atoms with E-state index in [0.717, 1.165) is 64.2 Å². The second-order valence-electron chi connectivity index (χ2n) is 13.5. The van der Waals surface area contributed by atoms with Crippen molar-refractivity contribution < 1.29 is 19.4 Å². The summed E-state index contributed by atoms with van der Waals surface area (Å²) in [7, 11) is 0. The van der Waals surface area contributed by atoms with Gasteiger partial charge in [-0.05, 0) is 38.5 Å². The van der Waals surface area contributed by atoms with Crippen LogP contribution in [0.25, 0.3) is 0 Å². The average molecular weight is 609 g/mol. The minimum atomic E-state index is -0.697. The number of carboxylic acid groups (broad SMARTS) is 1. The summed E-state index contributed by atoms with van der Waals surface area (Å²) in [5.74, 6) is -0.689. The molecule has 43 heavy (non-hydrogen) atoms. The summed E-state index contributed by atoms with van der Waals surface area (Å²) in [4.78, 5) is 23.3. The lowest BCUT2D eigenvalue weighted by molar-refractivity contribution is -0.150. The van der Waals surface area contributed by atoms with Gasteiger partial charge in [-0.25, -0.2) is 0 Å². The van der Waals surface area contributed by atoms with Crippen molar-refractivity contribution >= 4 is 11.9 Å². The fraction of sp³-hybridized carbons (Fsp3) is 0.949. The number of hydrogen-bond acceptors (Lipinski definition) is 3. The van der Waals surface area contributed by atoms with Crippen LogP contribution in [-0.2, 0) is 14.3 Å². The van der Waals surface area contributed by atoms with Crippen molar-refractivity contribution in [1.82, 2.24) is 0 Å². The van der Waals surface area contributed by atoms with Crippen LogP contribution in [0.5, 0.6) is 0 Å². The zero-order chi connectivity index (χ0) is 31.5. The van der Waals surface area contributed by atoms with Crippen LogP contribution in [-0.4, -0.2) is 23.1 Å². The van der Waals surface area contributed by atoms with E-state index in [-0.39, 0.29) is 18.5 Å². The molecule has 4 heteroatoms. The molecule has 1 N–H and O–H groups in total. The summed E-state index contributed by atoms with van der Waals surface area (Å²) in [6, 6.07) is 0. The molecule has 0 aliphatic heterocycles. The van der Waals surface area contributed by atoms with E-state index < -0.39 is 5.97 Å². The van der Waals surface area contributed by atoms with Crippen LogP contribution in [0, 0.1) is 0 Å². The SMILES string of the molecule is CCCCCCCCCCCCCCCCCC(=O)OC(CCCCCCCCCCCC)CCCCCCCC(=O)O. The molecule has 0 saturated carbocycles. The number of carbonyl (C=O) groups is 2. The van der Waals surface area contributed by atoms with Gasteiger partial charge in [0.25, 0.3) is 0 Å². The molecule has 0 fully saturated rings. The molecular formula is C39H76O4. The van der Waals surface area contributed by atoms with Gasteiger partial charge in [0.15, 0.2) is 0 Å². The predicted octanol–water partition coefficient (Wildman–Crippen LogP) is 13.3. The highest BCUT2D eigenvalue weighted by molar-refractivity contribution is 5.69. The zero-order valence-corrected chi connectivity index (χ0v) is 29.3. The number of unbranched alkanes of at least 4 members (excludes halogenated alkanes) is 27. The van der Waals surface area contributed by atoms with Crippen LogP contribution in [0.3, 0.4) is 0 Å². The van der Waals surface area contributed by atoms with Crippen molar-refractivity contribution in [2.75, 3.05) is 0 Å². The molecular weight excluding hydrogens is 532 g/mol. The molecule has 0 aliphatic rings. The summed E-state index contributed by atoms with van der Waals surface area (Å²) in [5, 5.41) is 8.80. The number of rotatable bonds is 36. The third kappa shape index (κ3) is 35.3. The number of hydrogen-bond donors (Lipinski definition) is 1. The van der Waals surface area contributed by atoms with E-state index in [1.165, 1.54) is 141 Å². The standard InChI is InChI=1S/C39H76O4/c1-3-5-7-9-11-13-15-16-17-18-19-21-23-28-32-36-39(42)43-37(34-30-26-24-27-31-35-38(40)41)33-29-25-22-20-14-12-10-8-6-4-2/h37H,3-36H2,1-2H3,(H,40,41). The van der Waals surface area contributed by atoms with Crippen LogP contribution in [0.15, 0.2) is 0 Å². The van der Waals surface area contributed by atoms with Gasteiger partial charge in [-0.2, -0.15) is 0 Å². The minimum absolute atomic E-state index is 0.00762. The number of esters is 1. The Bertz CT molecular complexity index is 576. The van der Waals surface area contributed by atoms with E-state index >= 15 is 0 Å². The highest BCUT2D eigenvalue weighted by Crippen LogP contribution is 2.19. The van der Waals surface area contributed by atoms with Crippen molar-refractivity contribution in [3.63, 3.8) is 0 Å². The van der Waals surface area contributed by atoms with Crippen molar-refractivity contribution in [2.45, 2.75) is 238 Å². The molecule has 0 saturated heterocycles. The van der Waals surface area contributed by atoms with E-state index in [2.05, 4.69) is 13.8 Å². The normalized spacial score (nSPS) is 12.0. The van der Waals surface area contributed by atoms with Crippen LogP contribution in [0.1, 0.15) is 232 Å². The molecule has 0 amide bonds. The first-order valence-corrected chi connectivity index (χ1v) is 19.5. The van der Waals surface area contributed by atoms with Crippen LogP contribution >= 0.6 is 0 Å². The maximum Gasteiger partial charge on any atom is 0.306 e. The Kier molecular flexibility index (Phi) is 34.5. The molecule has 1 atom stereocenters. The number of carbonyl (C=O) groups excluding carboxylic acids is 1. The monoisotopic (exact) mass is 609 g/mol. The highest BCUT2D eigenvalue weighted by atomic mass is 16.5. The van der Waals surface area contributed by atoms with Gasteiger partial charge < -0.3 is 9.84 Å². The molecule has 0 heterocycles. The van der Waals surface area contributed by atoms with Gasteiger partial charge in [-0.15, -0.1) is 0 Å². The van der Waals surface area contributed by atoms with Crippen molar-refractivity contribution in [3.05, 3.63) is 0 Å². The fourth-order valence-electron chi connectivity index (χ4n) is 6.19. The molecule has 0 radical (unpaired) electrons. The third-order valence-electron chi connectivity index (χ3n) is 9.08. The Morgan fingerprint density at radius 2 is 0.698 bits per heavy atom. The molecule has 0 aromatic carbocycles. The lowest BCUT2D eigenvalue weighted by Crippen LogP contribution is -2.18. The minimum Gasteiger partial charge on any atom is -0.481 e. The lowest BCUT2D eigenvalue weighted by Gasteiger charge is -2.18. The first-order valence-electron chi connectivity index (χ1n) is 19.5. The molecule has 0 spiro atoms. The first kappa shape index (κ1) is 41.9. The maximum absolute atomic E-state index is 12.6. The van der Waals surface area contributed by atoms with Gasteiger partial charge in [-0.1, -0.05) is 181 Å². The molecule has 0 aromatic heterocycles. The topological polar surface area (TPSA) is 63.6 Å². The van der Waals surface area contributed by atoms with Crippen molar-refractivity contribution in [2.24, 2.45) is 0 Å². The van der Waals surface area contributed by atoms with Crippen LogP contribution < -0.4 is 0 Å². The molecule has 4 nitrogen and oxygen atoms in total. The molecule has 0 rings (SSSR count). The zero-order valence-electron chi connectivity index (χ0n) is 29.3. The second kappa shape index (κ2) is 35.4. The Hall–Kier alpha value is -1.06. The highest BCUT2D eigenvalue weighted by Gasteiger charge is 2.14. The molecule has 256 valence electrons. The van der Waals surface area contributed by atoms with Crippen molar-refractivity contribution in [3.8, 4) is 0 Å². The summed E-state index contributed by atoms with van der Waals surface area (Å²) >= 11 is 0. The second-order valence-corrected chi connectivity index (χ2v) is 13.5. The van der Waals surface area contributed by atoms with Gasteiger partial charge >= 0.3 is 11.9 Å². The van der Waals surface area contributed by atoms with Crippen LogP contribution in [0.4, 0.5) is 0 Å². The summed E-state index contributed by atoms with van der Waals surface area (Å²) in [6.45, 7) is 4.55. The van der Waals surface area contributed by atoms with Gasteiger partial charge in [0, 0.05) is 12.8 Å². The van der Waals surface area contributed by atoms with E-state index in [1.807, 2.05) is 0 Å².